The predicted molar refractivity (Wildman–Crippen MR) is 80.0 cm³/mol. The zero-order chi connectivity index (χ0) is 12.6. The standard InChI is InChI=1S/C13H25IO3/c1-2-8-15-10-12-17-13-11-16-9-6-4-3-5-7-14/h2H,1,3-13H2. The first-order chi connectivity index (χ1) is 8.41. The number of rotatable bonds is 14. The van der Waals surface area contributed by atoms with Gasteiger partial charge in [-0.05, 0) is 17.3 Å². The molecule has 0 aliphatic heterocycles. The largest absolute Gasteiger partial charge is 0.379 e. The first-order valence-corrected chi connectivity index (χ1v) is 7.84. The Morgan fingerprint density at radius 3 is 2.00 bits per heavy atom. The van der Waals surface area contributed by atoms with E-state index in [2.05, 4.69) is 29.2 Å². The van der Waals surface area contributed by atoms with E-state index in [0.717, 1.165) is 6.61 Å². The van der Waals surface area contributed by atoms with Crippen LogP contribution in [0.5, 0.6) is 0 Å². The highest BCUT2D eigenvalue weighted by atomic mass is 127. The molecule has 0 N–H and O–H groups in total. The SMILES string of the molecule is C=CCOCCOCCOCCCCCCI. The third-order valence-electron chi connectivity index (χ3n) is 2.15. The predicted octanol–water partition coefficient (Wildman–Crippen LogP) is 3.22. The Kier molecular flexibility index (Phi) is 16.7. The third-order valence-corrected chi connectivity index (χ3v) is 2.91. The maximum absolute atomic E-state index is 5.46. The zero-order valence-corrected chi connectivity index (χ0v) is 12.8. The molecule has 102 valence electrons. The summed E-state index contributed by atoms with van der Waals surface area (Å²) in [6.45, 7) is 7.63. The fraction of sp³-hybridized carbons (Fsp3) is 0.846. The van der Waals surface area contributed by atoms with Gasteiger partial charge in [0.25, 0.3) is 0 Å². The maximum atomic E-state index is 5.46. The lowest BCUT2D eigenvalue weighted by Gasteiger charge is -2.05. The van der Waals surface area contributed by atoms with Crippen LogP contribution in [0.1, 0.15) is 25.7 Å². The molecule has 0 spiro atoms. The summed E-state index contributed by atoms with van der Waals surface area (Å²) in [6, 6.07) is 0. The number of halogens is 1. The molecular formula is C13H25IO3. The molecule has 0 heterocycles. The quantitative estimate of drug-likeness (QED) is 0.207. The van der Waals surface area contributed by atoms with E-state index in [-0.39, 0.29) is 0 Å². The lowest BCUT2D eigenvalue weighted by atomic mass is 10.2. The van der Waals surface area contributed by atoms with Gasteiger partial charge >= 0.3 is 0 Å². The van der Waals surface area contributed by atoms with Gasteiger partial charge in [-0.25, -0.2) is 0 Å². The van der Waals surface area contributed by atoms with Crippen molar-refractivity contribution in [3.05, 3.63) is 12.7 Å². The summed E-state index contributed by atoms with van der Waals surface area (Å²) in [5.74, 6) is 0. The van der Waals surface area contributed by atoms with E-state index in [4.69, 9.17) is 14.2 Å². The Morgan fingerprint density at radius 1 is 0.765 bits per heavy atom. The molecule has 0 atom stereocenters. The number of alkyl halides is 1. The van der Waals surface area contributed by atoms with Gasteiger partial charge in [0.05, 0.1) is 33.0 Å². The molecule has 0 rings (SSSR count). The second kappa shape index (κ2) is 16.4. The highest BCUT2D eigenvalue weighted by Gasteiger charge is 1.92. The molecule has 0 saturated carbocycles. The summed E-state index contributed by atoms with van der Waals surface area (Å²) in [7, 11) is 0. The average molecular weight is 356 g/mol. The molecule has 0 bridgehead atoms. The highest BCUT2D eigenvalue weighted by molar-refractivity contribution is 14.1. The van der Waals surface area contributed by atoms with Crippen LogP contribution in [0.25, 0.3) is 0 Å². The average Bonchev–Trinajstić information content (AvgIpc) is 2.35. The fourth-order valence-corrected chi connectivity index (χ4v) is 1.80. The summed E-state index contributed by atoms with van der Waals surface area (Å²) >= 11 is 2.42. The Bertz CT molecular complexity index is 154. The fourth-order valence-electron chi connectivity index (χ4n) is 1.26. The topological polar surface area (TPSA) is 27.7 Å². The number of hydrogen-bond acceptors (Lipinski definition) is 3. The van der Waals surface area contributed by atoms with Crippen molar-refractivity contribution in [2.24, 2.45) is 0 Å². The van der Waals surface area contributed by atoms with Crippen molar-refractivity contribution < 1.29 is 14.2 Å². The van der Waals surface area contributed by atoms with Gasteiger partial charge < -0.3 is 14.2 Å². The maximum Gasteiger partial charge on any atom is 0.0704 e. The molecule has 0 radical (unpaired) electrons. The van der Waals surface area contributed by atoms with Crippen molar-refractivity contribution in [3.63, 3.8) is 0 Å². The monoisotopic (exact) mass is 356 g/mol. The van der Waals surface area contributed by atoms with Crippen LogP contribution in [0.15, 0.2) is 12.7 Å². The van der Waals surface area contributed by atoms with Crippen LogP contribution in [-0.2, 0) is 14.2 Å². The minimum absolute atomic E-state index is 0.594. The first kappa shape index (κ1) is 17.4. The van der Waals surface area contributed by atoms with Gasteiger partial charge in [0.2, 0.25) is 0 Å². The van der Waals surface area contributed by atoms with E-state index < -0.39 is 0 Å². The Balaban J connectivity index is 2.87. The molecule has 0 aromatic rings. The van der Waals surface area contributed by atoms with Crippen LogP contribution in [0.4, 0.5) is 0 Å². The van der Waals surface area contributed by atoms with Gasteiger partial charge in [0, 0.05) is 6.61 Å². The smallest absolute Gasteiger partial charge is 0.0704 e. The second-order valence-electron chi connectivity index (χ2n) is 3.69. The number of hydrogen-bond donors (Lipinski definition) is 0. The van der Waals surface area contributed by atoms with E-state index in [0.29, 0.717) is 33.0 Å². The summed E-state index contributed by atoms with van der Waals surface area (Å²) in [5.41, 5.74) is 0. The number of ether oxygens (including phenoxy) is 3. The van der Waals surface area contributed by atoms with E-state index in [9.17, 15) is 0 Å². The Morgan fingerprint density at radius 2 is 1.35 bits per heavy atom. The van der Waals surface area contributed by atoms with E-state index in [1.807, 2.05) is 0 Å². The molecule has 0 saturated heterocycles. The molecule has 17 heavy (non-hydrogen) atoms. The van der Waals surface area contributed by atoms with Crippen molar-refractivity contribution in [1.29, 1.82) is 0 Å². The minimum atomic E-state index is 0.594. The Labute approximate surface area is 119 Å². The first-order valence-electron chi connectivity index (χ1n) is 6.32. The molecule has 0 aliphatic rings. The summed E-state index contributed by atoms with van der Waals surface area (Å²) in [4.78, 5) is 0. The van der Waals surface area contributed by atoms with Crippen molar-refractivity contribution in [1.82, 2.24) is 0 Å². The van der Waals surface area contributed by atoms with Crippen LogP contribution in [0.2, 0.25) is 0 Å². The van der Waals surface area contributed by atoms with Gasteiger partial charge in [-0.1, -0.05) is 41.5 Å². The van der Waals surface area contributed by atoms with E-state index in [1.54, 1.807) is 6.08 Å². The molecule has 3 nitrogen and oxygen atoms in total. The second-order valence-corrected chi connectivity index (χ2v) is 4.77. The lowest BCUT2D eigenvalue weighted by molar-refractivity contribution is 0.0188. The Hall–Kier alpha value is 0.350. The van der Waals surface area contributed by atoms with E-state index >= 15 is 0 Å². The third kappa shape index (κ3) is 16.4. The van der Waals surface area contributed by atoms with Crippen LogP contribution >= 0.6 is 22.6 Å². The van der Waals surface area contributed by atoms with Crippen molar-refractivity contribution in [3.8, 4) is 0 Å². The molecule has 0 aliphatic carbocycles. The molecular weight excluding hydrogens is 331 g/mol. The van der Waals surface area contributed by atoms with Crippen molar-refractivity contribution in [2.75, 3.05) is 44.1 Å². The van der Waals surface area contributed by atoms with Crippen molar-refractivity contribution >= 4 is 22.6 Å². The molecule has 0 aromatic heterocycles. The summed E-state index contributed by atoms with van der Waals surface area (Å²) in [5, 5.41) is 0. The van der Waals surface area contributed by atoms with Gasteiger partial charge in [-0.3, -0.25) is 0 Å². The van der Waals surface area contributed by atoms with Gasteiger partial charge in [-0.2, -0.15) is 0 Å². The zero-order valence-electron chi connectivity index (χ0n) is 10.7. The van der Waals surface area contributed by atoms with Gasteiger partial charge in [0.1, 0.15) is 0 Å². The normalized spacial score (nSPS) is 10.6. The van der Waals surface area contributed by atoms with Crippen LogP contribution in [0.3, 0.4) is 0 Å². The molecule has 0 amide bonds. The van der Waals surface area contributed by atoms with Gasteiger partial charge in [-0.15, -0.1) is 6.58 Å². The van der Waals surface area contributed by atoms with Crippen molar-refractivity contribution in [2.45, 2.75) is 25.7 Å². The minimum Gasteiger partial charge on any atom is -0.379 e. The van der Waals surface area contributed by atoms with Crippen LogP contribution in [-0.4, -0.2) is 44.1 Å². The van der Waals surface area contributed by atoms with Crippen LogP contribution < -0.4 is 0 Å². The van der Waals surface area contributed by atoms with E-state index in [1.165, 1.54) is 30.1 Å². The molecule has 0 fully saturated rings. The molecule has 0 unspecified atom stereocenters. The summed E-state index contributed by atoms with van der Waals surface area (Å²) in [6.07, 6.45) is 6.83. The van der Waals surface area contributed by atoms with Crippen LogP contribution in [0, 0.1) is 0 Å². The summed E-state index contributed by atoms with van der Waals surface area (Å²) < 4.78 is 17.2. The highest BCUT2D eigenvalue weighted by Crippen LogP contribution is 2.02. The molecule has 0 aromatic carbocycles. The number of unbranched alkanes of at least 4 members (excludes halogenated alkanes) is 3. The lowest BCUT2D eigenvalue weighted by Crippen LogP contribution is -2.09. The molecule has 4 heteroatoms. The van der Waals surface area contributed by atoms with Gasteiger partial charge in [0.15, 0.2) is 0 Å².